The van der Waals surface area contributed by atoms with Gasteiger partial charge in [0.2, 0.25) is 0 Å². The van der Waals surface area contributed by atoms with E-state index in [9.17, 15) is 17.2 Å². The van der Waals surface area contributed by atoms with Gasteiger partial charge in [0.25, 0.3) is 0 Å². The molecule has 0 saturated heterocycles. The number of rotatable bonds is 4. The molecule has 0 radical (unpaired) electrons. The molecule has 0 aliphatic rings. The Labute approximate surface area is 93.0 Å². The van der Waals surface area contributed by atoms with Gasteiger partial charge in [-0.3, -0.25) is 0 Å². The molecule has 0 amide bonds. The predicted octanol–water partition coefficient (Wildman–Crippen LogP) is 1.54. The van der Waals surface area contributed by atoms with Crippen molar-refractivity contribution in [1.29, 1.82) is 0 Å². The van der Waals surface area contributed by atoms with E-state index in [0.717, 1.165) is 5.56 Å². The van der Waals surface area contributed by atoms with Crippen molar-refractivity contribution in [2.45, 2.75) is 17.1 Å². The van der Waals surface area contributed by atoms with Crippen LogP contribution in [0.3, 0.4) is 0 Å². The van der Waals surface area contributed by atoms with Crippen LogP contribution in [0.15, 0.2) is 29.2 Å². The molecule has 1 rings (SSSR count). The first-order chi connectivity index (χ1) is 6.92. The summed E-state index contributed by atoms with van der Waals surface area (Å²) in [5.41, 5.74) is 0.883. The van der Waals surface area contributed by atoms with Crippen molar-refractivity contribution in [3.8, 4) is 0 Å². The molecule has 0 aliphatic heterocycles. The molecule has 0 heterocycles. The molecule has 15 heavy (non-hydrogen) atoms. The second-order valence-corrected chi connectivity index (χ2v) is 6.22. The number of aryl methyl sites for hydroxylation is 1. The van der Waals surface area contributed by atoms with Gasteiger partial charge in [0.1, 0.15) is 0 Å². The van der Waals surface area contributed by atoms with E-state index < -0.39 is 30.7 Å². The molecule has 0 aliphatic carbocycles. The number of halogens is 2. The monoisotopic (exact) mass is 302 g/mol. The number of alkyl halides is 2. The summed E-state index contributed by atoms with van der Waals surface area (Å²) >= 11 is -1.66. The van der Waals surface area contributed by atoms with Crippen LogP contribution in [0.1, 0.15) is 5.56 Å². The van der Waals surface area contributed by atoms with Gasteiger partial charge in [-0.25, -0.2) is 0 Å². The van der Waals surface area contributed by atoms with Crippen LogP contribution in [0.5, 0.6) is 0 Å². The first-order valence-electron chi connectivity index (χ1n) is 3.86. The molecule has 0 fully saturated rings. The van der Waals surface area contributed by atoms with Crippen molar-refractivity contribution in [2.75, 3.05) is 0 Å². The zero-order chi connectivity index (χ0) is 11.5. The minimum absolute atomic E-state index is 0.101. The third kappa shape index (κ3) is 3.87. The third-order valence-corrected chi connectivity index (χ3v) is 4.55. The van der Waals surface area contributed by atoms with Crippen molar-refractivity contribution < 1.29 is 20.5 Å². The molecule has 0 N–H and O–H groups in total. The summed E-state index contributed by atoms with van der Waals surface area (Å²) in [5, 5.41) is -2.74. The maximum absolute atomic E-state index is 11.8. The molecule has 0 unspecified atom stereocenters. The van der Waals surface area contributed by atoms with Crippen molar-refractivity contribution in [3.63, 3.8) is 0 Å². The van der Waals surface area contributed by atoms with Gasteiger partial charge in [-0.1, -0.05) is 0 Å². The van der Waals surface area contributed by atoms with E-state index >= 15 is 0 Å². The van der Waals surface area contributed by atoms with Gasteiger partial charge in [0.15, 0.2) is 0 Å². The van der Waals surface area contributed by atoms with Gasteiger partial charge in [0.05, 0.1) is 0 Å². The fourth-order valence-electron chi connectivity index (χ4n) is 0.826. The van der Waals surface area contributed by atoms with Crippen molar-refractivity contribution in [1.82, 2.24) is 0 Å². The van der Waals surface area contributed by atoms with Crippen LogP contribution in [0, 0.1) is 6.92 Å². The third-order valence-electron chi connectivity index (χ3n) is 1.51. The van der Waals surface area contributed by atoms with Crippen LogP contribution in [0.25, 0.3) is 0 Å². The first kappa shape index (κ1) is 12.6. The van der Waals surface area contributed by atoms with Crippen LogP contribution in [-0.4, -0.2) is 29.0 Å². The van der Waals surface area contributed by atoms with Crippen molar-refractivity contribution in [3.05, 3.63) is 29.8 Å². The van der Waals surface area contributed by atoms with Gasteiger partial charge in [-0.2, -0.15) is 0 Å². The Kier molecular flexibility index (Phi) is 4.21. The van der Waals surface area contributed by atoms with Gasteiger partial charge < -0.3 is 0 Å². The van der Waals surface area contributed by atoms with E-state index in [-0.39, 0.29) is 4.90 Å². The van der Waals surface area contributed by atoms with Crippen molar-refractivity contribution >= 4 is 25.4 Å². The number of benzene rings is 1. The summed E-state index contributed by atoms with van der Waals surface area (Å²) in [4.78, 5) is -0.101. The second kappa shape index (κ2) is 5.03. The molecule has 0 atom stereocenters. The van der Waals surface area contributed by atoms with Crippen LogP contribution in [-0.2, 0) is 13.4 Å². The zero-order valence-corrected chi connectivity index (χ0v) is 10.2. The fraction of sp³-hybridized carbons (Fsp3) is 0.250. The summed E-state index contributed by atoms with van der Waals surface area (Å²) in [6.07, 6.45) is 0. The van der Waals surface area contributed by atoms with Gasteiger partial charge in [0, 0.05) is 0 Å². The van der Waals surface area contributed by atoms with Gasteiger partial charge in [-0.05, 0) is 0 Å². The molecule has 1 aromatic rings. The summed E-state index contributed by atoms with van der Waals surface area (Å²) in [7, 11) is -4.02. The minimum atomic E-state index is -4.02. The second-order valence-electron chi connectivity index (χ2n) is 2.69. The first-order valence-corrected chi connectivity index (χ1v) is 6.96. The average Bonchev–Trinajstić information content (AvgIpc) is 2.16. The topological polar surface area (TPSA) is 43.4 Å². The Morgan fingerprint density at radius 2 is 1.80 bits per heavy atom. The molecular weight excluding hydrogens is 293 g/mol. The quantitative estimate of drug-likeness (QED) is 0.792. The SMILES string of the molecule is Cc1ccc(S(=O)(=O)O[Se]C(F)F)cc1. The standard InChI is InChI=1S/C8H8F2O3SSe/c1-6-2-4-7(5-3-6)14(11,12)13-15-8(9)10/h2-5,8H,1H3. The van der Waals surface area contributed by atoms with Crippen LogP contribution >= 0.6 is 0 Å². The van der Waals surface area contributed by atoms with Gasteiger partial charge in [-0.15, -0.1) is 0 Å². The Balaban J connectivity index is 2.82. The van der Waals surface area contributed by atoms with E-state index in [4.69, 9.17) is 0 Å². The van der Waals surface area contributed by atoms with E-state index in [2.05, 4.69) is 3.27 Å². The van der Waals surface area contributed by atoms with Crippen LogP contribution in [0.2, 0.25) is 0 Å². The predicted molar refractivity (Wildman–Crippen MR) is 51.2 cm³/mol. The molecule has 0 spiro atoms. The Morgan fingerprint density at radius 1 is 1.27 bits per heavy atom. The molecule has 0 aromatic heterocycles. The normalized spacial score (nSPS) is 12.0. The number of hydrogen-bond donors (Lipinski definition) is 0. The van der Waals surface area contributed by atoms with Crippen LogP contribution < -0.4 is 0 Å². The molecule has 3 nitrogen and oxygen atoms in total. The molecule has 7 heteroatoms. The summed E-state index contributed by atoms with van der Waals surface area (Å²) < 4.78 is 50.4. The summed E-state index contributed by atoms with van der Waals surface area (Å²) in [6.45, 7) is 1.79. The Hall–Kier alpha value is -0.491. The Bertz CT molecular complexity index is 416. The fourth-order valence-corrected chi connectivity index (χ4v) is 3.06. The van der Waals surface area contributed by atoms with Crippen LogP contribution in [0.4, 0.5) is 8.78 Å². The Morgan fingerprint density at radius 3 is 2.27 bits per heavy atom. The molecule has 0 saturated carbocycles. The van der Waals surface area contributed by atoms with Gasteiger partial charge >= 0.3 is 92.8 Å². The van der Waals surface area contributed by atoms with E-state index in [1.54, 1.807) is 19.1 Å². The molecule has 84 valence electrons. The van der Waals surface area contributed by atoms with E-state index in [0.29, 0.717) is 0 Å². The summed E-state index contributed by atoms with van der Waals surface area (Å²) in [6, 6.07) is 5.80. The van der Waals surface area contributed by atoms with E-state index in [1.807, 2.05) is 0 Å². The summed E-state index contributed by atoms with van der Waals surface area (Å²) in [5.74, 6) is 0. The molecular formula is C8H8F2O3SSe. The number of hydrogen-bond acceptors (Lipinski definition) is 3. The zero-order valence-electron chi connectivity index (χ0n) is 7.68. The van der Waals surface area contributed by atoms with Crippen molar-refractivity contribution in [2.24, 2.45) is 0 Å². The molecule has 0 bridgehead atoms. The molecule has 1 aromatic carbocycles. The van der Waals surface area contributed by atoms with E-state index in [1.165, 1.54) is 12.1 Å². The maximum atomic E-state index is 11.8. The average molecular weight is 301 g/mol.